The predicted octanol–water partition coefficient (Wildman–Crippen LogP) is 10.3. The molecule has 2 heteroatoms. The lowest BCUT2D eigenvalue weighted by molar-refractivity contribution is 1.33. The number of nitrogens with zero attached hydrogens (tertiary/aromatic N) is 2. The van der Waals surface area contributed by atoms with Crippen molar-refractivity contribution in [2.45, 2.75) is 6.92 Å². The number of hydrogen-bond acceptors (Lipinski definition) is 2. The van der Waals surface area contributed by atoms with Crippen LogP contribution in [-0.2, 0) is 0 Å². The van der Waals surface area contributed by atoms with Crippen LogP contribution in [0.25, 0.3) is 66.8 Å². The van der Waals surface area contributed by atoms with Crippen LogP contribution in [0.5, 0.6) is 0 Å². The van der Waals surface area contributed by atoms with E-state index >= 15 is 0 Å². The fourth-order valence-electron chi connectivity index (χ4n) is 5.58. The molecule has 0 bridgehead atoms. The van der Waals surface area contributed by atoms with Crippen LogP contribution in [0.1, 0.15) is 5.56 Å². The number of rotatable bonds is 5. The van der Waals surface area contributed by atoms with Crippen molar-refractivity contribution >= 4 is 10.9 Å². The third-order valence-corrected chi connectivity index (χ3v) is 7.61. The molecule has 0 aliphatic heterocycles. The Kier molecular flexibility index (Phi) is 6.42. The van der Waals surface area contributed by atoms with Crippen molar-refractivity contribution in [2.75, 3.05) is 0 Å². The Bertz CT molecular complexity index is 1980. The van der Waals surface area contributed by atoms with Gasteiger partial charge in [0, 0.05) is 28.3 Å². The quantitative estimate of drug-likeness (QED) is 0.224. The number of aryl methyl sites for hydroxylation is 1. The molecule has 0 amide bonds. The summed E-state index contributed by atoms with van der Waals surface area (Å²) in [5.41, 5.74) is 13.4. The second-order valence-corrected chi connectivity index (χ2v) is 10.3. The van der Waals surface area contributed by atoms with E-state index in [1.165, 1.54) is 27.8 Å². The minimum atomic E-state index is 0.959. The molecule has 0 spiro atoms. The van der Waals surface area contributed by atoms with E-state index in [-0.39, 0.29) is 0 Å². The summed E-state index contributed by atoms with van der Waals surface area (Å²) < 4.78 is 0. The van der Waals surface area contributed by atoms with Gasteiger partial charge in [-0.05, 0) is 65.1 Å². The number of hydrogen-bond donors (Lipinski definition) is 0. The van der Waals surface area contributed by atoms with Crippen LogP contribution < -0.4 is 0 Å². The van der Waals surface area contributed by atoms with Gasteiger partial charge in [0.1, 0.15) is 0 Å². The molecule has 0 N–H and O–H groups in total. The second kappa shape index (κ2) is 10.7. The van der Waals surface area contributed by atoms with Gasteiger partial charge >= 0.3 is 0 Å². The first-order valence-corrected chi connectivity index (χ1v) is 13.9. The van der Waals surface area contributed by atoms with Crippen molar-refractivity contribution in [3.63, 3.8) is 0 Å². The van der Waals surface area contributed by atoms with E-state index in [4.69, 9.17) is 4.98 Å². The van der Waals surface area contributed by atoms with Crippen LogP contribution in [0, 0.1) is 6.92 Å². The van der Waals surface area contributed by atoms with Gasteiger partial charge in [-0.2, -0.15) is 0 Å². The van der Waals surface area contributed by atoms with Crippen LogP contribution in [0.2, 0.25) is 0 Å². The lowest BCUT2D eigenvalue weighted by Crippen LogP contribution is -1.94. The highest BCUT2D eigenvalue weighted by molar-refractivity contribution is 6.06. The summed E-state index contributed by atoms with van der Waals surface area (Å²) in [5.74, 6) is 0. The molecule has 7 aromatic rings. The summed E-state index contributed by atoms with van der Waals surface area (Å²) in [5, 5.41) is 1.13. The molecule has 0 aliphatic rings. The molecule has 5 aromatic carbocycles. The van der Waals surface area contributed by atoms with Crippen molar-refractivity contribution in [3.8, 4) is 55.9 Å². The minimum absolute atomic E-state index is 0.959. The highest BCUT2D eigenvalue weighted by Crippen LogP contribution is 2.40. The van der Waals surface area contributed by atoms with E-state index in [0.29, 0.717) is 0 Å². The summed E-state index contributed by atoms with van der Waals surface area (Å²) >= 11 is 0. The normalized spacial score (nSPS) is 11.0. The zero-order valence-electron chi connectivity index (χ0n) is 22.8. The Morgan fingerprint density at radius 3 is 1.88 bits per heavy atom. The maximum atomic E-state index is 5.31. The third kappa shape index (κ3) is 4.81. The smallest absolute Gasteiger partial charge is 0.0794 e. The van der Waals surface area contributed by atoms with Gasteiger partial charge in [-0.3, -0.25) is 4.98 Å². The maximum Gasteiger partial charge on any atom is 0.0794 e. The Hall–Kier alpha value is -5.34. The van der Waals surface area contributed by atoms with E-state index in [0.717, 1.165) is 44.5 Å². The van der Waals surface area contributed by atoms with Crippen molar-refractivity contribution in [3.05, 3.63) is 157 Å². The summed E-state index contributed by atoms with van der Waals surface area (Å²) in [6.45, 7) is 2.15. The molecule has 2 aromatic heterocycles. The first kappa shape index (κ1) is 24.7. The molecular weight excluding hydrogens is 496 g/mol. The zero-order valence-corrected chi connectivity index (χ0v) is 22.8. The highest BCUT2D eigenvalue weighted by Gasteiger charge is 2.16. The molecule has 0 atom stereocenters. The molecule has 194 valence electrons. The topological polar surface area (TPSA) is 25.8 Å². The van der Waals surface area contributed by atoms with Gasteiger partial charge in [-0.25, -0.2) is 4.98 Å². The average molecular weight is 525 g/mol. The molecule has 0 saturated heterocycles. The summed E-state index contributed by atoms with van der Waals surface area (Å²) in [6, 6.07) is 51.3. The summed E-state index contributed by atoms with van der Waals surface area (Å²) in [4.78, 5) is 9.90. The van der Waals surface area contributed by atoms with Crippen molar-refractivity contribution < 1.29 is 0 Å². The van der Waals surface area contributed by atoms with E-state index in [2.05, 4.69) is 139 Å². The maximum absolute atomic E-state index is 5.31. The lowest BCUT2D eigenvalue weighted by atomic mass is 9.89. The Balaban J connectivity index is 1.47. The molecule has 41 heavy (non-hydrogen) atoms. The minimum Gasteiger partial charge on any atom is -0.256 e. The number of fused-ring (bicyclic) bond motifs is 1. The Morgan fingerprint density at radius 1 is 0.415 bits per heavy atom. The average Bonchev–Trinajstić information content (AvgIpc) is 3.05. The summed E-state index contributed by atoms with van der Waals surface area (Å²) in [6.07, 6.45) is 1.84. The van der Waals surface area contributed by atoms with Gasteiger partial charge < -0.3 is 0 Å². The highest BCUT2D eigenvalue weighted by atomic mass is 14.7. The zero-order chi connectivity index (χ0) is 27.6. The molecule has 2 nitrogen and oxygen atoms in total. The van der Waals surface area contributed by atoms with E-state index in [9.17, 15) is 0 Å². The SMILES string of the molecule is Cc1ccc(-c2ccc(-c3cccc(-c4ccccn4)c3)c3nc(-c4ccccc4)ccc23)c(-c2ccccc2)c1. The predicted molar refractivity (Wildman–Crippen MR) is 171 cm³/mol. The molecule has 0 fully saturated rings. The van der Waals surface area contributed by atoms with Crippen molar-refractivity contribution in [1.82, 2.24) is 9.97 Å². The van der Waals surface area contributed by atoms with Gasteiger partial charge in [-0.15, -0.1) is 0 Å². The molecule has 0 unspecified atom stereocenters. The molecular formula is C39H28N2. The van der Waals surface area contributed by atoms with Crippen LogP contribution in [0.15, 0.2) is 152 Å². The van der Waals surface area contributed by atoms with Gasteiger partial charge in [0.2, 0.25) is 0 Å². The number of benzene rings is 5. The first-order valence-electron chi connectivity index (χ1n) is 13.9. The van der Waals surface area contributed by atoms with Crippen molar-refractivity contribution in [1.29, 1.82) is 0 Å². The van der Waals surface area contributed by atoms with Gasteiger partial charge in [0.25, 0.3) is 0 Å². The molecule has 0 radical (unpaired) electrons. The first-order chi connectivity index (χ1) is 20.2. The molecule has 2 heterocycles. The van der Waals surface area contributed by atoms with Crippen LogP contribution >= 0.6 is 0 Å². The van der Waals surface area contributed by atoms with Crippen LogP contribution in [0.3, 0.4) is 0 Å². The summed E-state index contributed by atoms with van der Waals surface area (Å²) in [7, 11) is 0. The van der Waals surface area contributed by atoms with Crippen LogP contribution in [-0.4, -0.2) is 9.97 Å². The van der Waals surface area contributed by atoms with E-state index in [1.807, 2.05) is 24.4 Å². The third-order valence-electron chi connectivity index (χ3n) is 7.61. The fraction of sp³-hybridized carbons (Fsp3) is 0.0256. The largest absolute Gasteiger partial charge is 0.256 e. The standard InChI is InChI=1S/C39H28N2/c1-27-18-19-34(36(25-27)28-11-4-2-5-12-28)33-21-20-32(30-15-10-16-31(26-30)37-17-8-9-24-40-37)39-35(33)22-23-38(41-39)29-13-6-3-7-14-29/h2-26H,1H3. The van der Waals surface area contributed by atoms with Gasteiger partial charge in [-0.1, -0.05) is 121 Å². The second-order valence-electron chi connectivity index (χ2n) is 10.3. The molecule has 0 aliphatic carbocycles. The molecule has 7 rings (SSSR count). The van der Waals surface area contributed by atoms with E-state index < -0.39 is 0 Å². The fourth-order valence-corrected chi connectivity index (χ4v) is 5.58. The van der Waals surface area contributed by atoms with Gasteiger partial charge in [0.15, 0.2) is 0 Å². The van der Waals surface area contributed by atoms with Crippen molar-refractivity contribution in [2.24, 2.45) is 0 Å². The Morgan fingerprint density at radius 2 is 1.10 bits per heavy atom. The van der Waals surface area contributed by atoms with Gasteiger partial charge in [0.05, 0.1) is 16.9 Å². The molecule has 0 saturated carbocycles. The number of aromatic nitrogens is 2. The monoisotopic (exact) mass is 524 g/mol. The number of pyridine rings is 2. The lowest BCUT2D eigenvalue weighted by Gasteiger charge is -2.17. The van der Waals surface area contributed by atoms with E-state index in [1.54, 1.807) is 0 Å². The van der Waals surface area contributed by atoms with Crippen LogP contribution in [0.4, 0.5) is 0 Å². The Labute approximate surface area is 240 Å².